The van der Waals surface area contributed by atoms with E-state index in [2.05, 4.69) is 10.0 Å². The number of halogens is 1. The molecule has 2 aromatic carbocycles. The Morgan fingerprint density at radius 1 is 1.12 bits per heavy atom. The summed E-state index contributed by atoms with van der Waals surface area (Å²) in [6, 6.07) is 10.2. The number of aryl methyl sites for hydroxylation is 2. The zero-order valence-corrected chi connectivity index (χ0v) is 16.4. The lowest BCUT2D eigenvalue weighted by atomic mass is 10.1. The van der Waals surface area contributed by atoms with Crippen molar-refractivity contribution in [2.24, 2.45) is 0 Å². The molecule has 0 bridgehead atoms. The van der Waals surface area contributed by atoms with Gasteiger partial charge < -0.3 is 10.1 Å². The molecule has 8 heteroatoms. The topological polar surface area (TPSA) is 84.5 Å². The largest absolute Gasteiger partial charge is 0.496 e. The van der Waals surface area contributed by atoms with E-state index in [1.54, 1.807) is 44.2 Å². The SMILES string of the molecule is COc1cc(C)c(S(=O)(=O)NCC(=O)NCc2ccc(Cl)cc2)cc1C. The van der Waals surface area contributed by atoms with Gasteiger partial charge in [0.05, 0.1) is 18.6 Å². The van der Waals surface area contributed by atoms with Crippen molar-refractivity contribution in [2.45, 2.75) is 25.3 Å². The van der Waals surface area contributed by atoms with E-state index in [-0.39, 0.29) is 11.4 Å². The smallest absolute Gasteiger partial charge is 0.241 e. The van der Waals surface area contributed by atoms with E-state index < -0.39 is 15.9 Å². The fourth-order valence-electron chi connectivity index (χ4n) is 2.38. The number of amides is 1. The Morgan fingerprint density at radius 2 is 1.77 bits per heavy atom. The van der Waals surface area contributed by atoms with Crippen LogP contribution >= 0.6 is 11.6 Å². The molecular formula is C18H21ClN2O4S. The van der Waals surface area contributed by atoms with E-state index in [1.165, 1.54) is 13.2 Å². The number of sulfonamides is 1. The Labute approximate surface area is 158 Å². The van der Waals surface area contributed by atoms with Crippen molar-refractivity contribution >= 4 is 27.5 Å². The summed E-state index contributed by atoms with van der Waals surface area (Å²) in [6.45, 7) is 3.38. The fourth-order valence-corrected chi connectivity index (χ4v) is 3.79. The van der Waals surface area contributed by atoms with Crippen LogP contribution in [0, 0.1) is 13.8 Å². The molecule has 0 aliphatic heterocycles. The predicted octanol–water partition coefficient (Wildman–Crippen LogP) is 2.56. The van der Waals surface area contributed by atoms with Crippen LogP contribution in [-0.4, -0.2) is 28.0 Å². The summed E-state index contributed by atoms with van der Waals surface area (Å²) in [4.78, 5) is 12.1. The van der Waals surface area contributed by atoms with Crippen molar-refractivity contribution in [1.82, 2.24) is 10.0 Å². The predicted molar refractivity (Wildman–Crippen MR) is 101 cm³/mol. The molecule has 0 radical (unpaired) electrons. The number of carbonyl (C=O) groups is 1. The van der Waals surface area contributed by atoms with E-state index in [0.717, 1.165) is 5.56 Å². The quantitative estimate of drug-likeness (QED) is 0.753. The number of benzene rings is 2. The summed E-state index contributed by atoms with van der Waals surface area (Å²) in [5, 5.41) is 3.27. The van der Waals surface area contributed by atoms with Crippen LogP contribution in [0.15, 0.2) is 41.3 Å². The van der Waals surface area contributed by atoms with Crippen molar-refractivity contribution in [3.8, 4) is 5.75 Å². The highest BCUT2D eigenvalue weighted by Gasteiger charge is 2.19. The van der Waals surface area contributed by atoms with Crippen LogP contribution < -0.4 is 14.8 Å². The van der Waals surface area contributed by atoms with Crippen molar-refractivity contribution in [1.29, 1.82) is 0 Å². The number of rotatable bonds is 7. The molecule has 0 heterocycles. The molecule has 0 fully saturated rings. The first kappa shape index (κ1) is 20.2. The zero-order valence-electron chi connectivity index (χ0n) is 14.8. The number of methoxy groups -OCH3 is 1. The molecule has 26 heavy (non-hydrogen) atoms. The van der Waals surface area contributed by atoms with Crippen LogP contribution in [0.5, 0.6) is 5.75 Å². The van der Waals surface area contributed by atoms with Gasteiger partial charge in [0.1, 0.15) is 5.75 Å². The van der Waals surface area contributed by atoms with E-state index >= 15 is 0 Å². The standard InChI is InChI=1S/C18H21ClN2O4S/c1-12-9-17(13(2)8-16(12)25-3)26(23,24)21-11-18(22)20-10-14-4-6-15(19)7-5-14/h4-9,21H,10-11H2,1-3H3,(H,20,22). The highest BCUT2D eigenvalue weighted by molar-refractivity contribution is 7.89. The molecule has 140 valence electrons. The molecule has 0 saturated heterocycles. The van der Waals surface area contributed by atoms with Crippen molar-refractivity contribution in [2.75, 3.05) is 13.7 Å². The molecule has 0 aliphatic rings. The summed E-state index contributed by atoms with van der Waals surface area (Å²) < 4.78 is 32.5. The molecular weight excluding hydrogens is 376 g/mol. The van der Waals surface area contributed by atoms with Gasteiger partial charge in [0.15, 0.2) is 0 Å². The number of hydrogen-bond donors (Lipinski definition) is 2. The van der Waals surface area contributed by atoms with Crippen LogP contribution in [-0.2, 0) is 21.4 Å². The van der Waals surface area contributed by atoms with Crippen LogP contribution in [0.1, 0.15) is 16.7 Å². The summed E-state index contributed by atoms with van der Waals surface area (Å²) in [6.07, 6.45) is 0. The molecule has 0 saturated carbocycles. The number of ether oxygens (including phenoxy) is 1. The minimum absolute atomic E-state index is 0.126. The van der Waals surface area contributed by atoms with Gasteiger partial charge in [0.25, 0.3) is 0 Å². The number of carbonyl (C=O) groups excluding carboxylic acids is 1. The van der Waals surface area contributed by atoms with E-state index in [4.69, 9.17) is 16.3 Å². The maximum absolute atomic E-state index is 12.5. The van der Waals surface area contributed by atoms with Gasteiger partial charge >= 0.3 is 0 Å². The Kier molecular flexibility index (Phi) is 6.63. The third kappa shape index (κ3) is 5.20. The monoisotopic (exact) mass is 396 g/mol. The first-order valence-corrected chi connectivity index (χ1v) is 9.75. The molecule has 0 unspecified atom stereocenters. The minimum Gasteiger partial charge on any atom is -0.496 e. The van der Waals surface area contributed by atoms with Gasteiger partial charge in [-0.1, -0.05) is 23.7 Å². The van der Waals surface area contributed by atoms with E-state index in [0.29, 0.717) is 28.4 Å². The highest BCUT2D eigenvalue weighted by Crippen LogP contribution is 2.25. The first-order valence-electron chi connectivity index (χ1n) is 7.89. The van der Waals surface area contributed by atoms with Crippen molar-refractivity contribution in [3.05, 3.63) is 58.1 Å². The molecule has 0 atom stereocenters. The molecule has 0 aromatic heterocycles. The maximum atomic E-state index is 12.5. The Hall–Kier alpha value is -2.09. The fraction of sp³-hybridized carbons (Fsp3) is 0.278. The van der Waals surface area contributed by atoms with Gasteiger partial charge in [-0.3, -0.25) is 4.79 Å². The van der Waals surface area contributed by atoms with Gasteiger partial charge in [0, 0.05) is 11.6 Å². The number of nitrogens with one attached hydrogen (secondary N) is 2. The molecule has 2 N–H and O–H groups in total. The lowest BCUT2D eigenvalue weighted by Gasteiger charge is -2.13. The van der Waals surface area contributed by atoms with Crippen LogP contribution in [0.2, 0.25) is 5.02 Å². The second kappa shape index (κ2) is 8.53. The average Bonchev–Trinajstić information content (AvgIpc) is 2.61. The zero-order chi connectivity index (χ0) is 19.3. The van der Waals surface area contributed by atoms with Crippen LogP contribution in [0.3, 0.4) is 0 Å². The molecule has 0 aliphatic carbocycles. The summed E-state index contributed by atoms with van der Waals surface area (Å²) >= 11 is 5.80. The van der Waals surface area contributed by atoms with Gasteiger partial charge in [-0.2, -0.15) is 0 Å². The summed E-state index contributed by atoms with van der Waals surface area (Å²) in [7, 11) is -2.28. The van der Waals surface area contributed by atoms with Crippen molar-refractivity contribution < 1.29 is 17.9 Å². The molecule has 1 amide bonds. The molecule has 6 nitrogen and oxygen atoms in total. The maximum Gasteiger partial charge on any atom is 0.241 e. The van der Waals surface area contributed by atoms with E-state index in [9.17, 15) is 13.2 Å². The summed E-state index contributed by atoms with van der Waals surface area (Å²) in [5.74, 6) is 0.188. The van der Waals surface area contributed by atoms with Crippen LogP contribution in [0.4, 0.5) is 0 Å². The van der Waals surface area contributed by atoms with Gasteiger partial charge in [-0.05, 0) is 54.8 Å². The average molecular weight is 397 g/mol. The number of hydrogen-bond acceptors (Lipinski definition) is 4. The Morgan fingerprint density at radius 3 is 2.38 bits per heavy atom. The Balaban J connectivity index is 1.98. The lowest BCUT2D eigenvalue weighted by Crippen LogP contribution is -2.36. The van der Waals surface area contributed by atoms with Gasteiger partial charge in [-0.25, -0.2) is 13.1 Å². The third-order valence-electron chi connectivity index (χ3n) is 3.81. The van der Waals surface area contributed by atoms with Crippen LogP contribution in [0.25, 0.3) is 0 Å². The second-order valence-corrected chi connectivity index (χ2v) is 7.99. The van der Waals surface area contributed by atoms with Crippen molar-refractivity contribution in [3.63, 3.8) is 0 Å². The Bertz CT molecular complexity index is 896. The first-order chi connectivity index (χ1) is 12.2. The molecule has 2 aromatic rings. The minimum atomic E-state index is -3.81. The molecule has 0 spiro atoms. The van der Waals surface area contributed by atoms with Gasteiger partial charge in [0.2, 0.25) is 15.9 Å². The van der Waals surface area contributed by atoms with Gasteiger partial charge in [-0.15, -0.1) is 0 Å². The lowest BCUT2D eigenvalue weighted by molar-refractivity contribution is -0.120. The second-order valence-electron chi connectivity index (χ2n) is 5.82. The molecule has 2 rings (SSSR count). The van der Waals surface area contributed by atoms with E-state index in [1.807, 2.05) is 0 Å². The third-order valence-corrected chi connectivity index (χ3v) is 5.60. The highest BCUT2D eigenvalue weighted by atomic mass is 35.5. The summed E-state index contributed by atoms with van der Waals surface area (Å²) in [5.41, 5.74) is 2.11. The normalized spacial score (nSPS) is 11.2.